The number of nitrogens with zero attached hydrogens (tertiary/aromatic N) is 5. The summed E-state index contributed by atoms with van der Waals surface area (Å²) >= 11 is 0. The molecule has 10 heteroatoms. The van der Waals surface area contributed by atoms with Crippen LogP contribution in [-0.4, -0.2) is 41.1 Å². The van der Waals surface area contributed by atoms with Crippen LogP contribution in [0.1, 0.15) is 11.1 Å². The average molecular weight is 440 g/mol. The van der Waals surface area contributed by atoms with Gasteiger partial charge in [0.2, 0.25) is 11.6 Å². The van der Waals surface area contributed by atoms with E-state index in [2.05, 4.69) is 46.2 Å². The molecule has 1 saturated heterocycles. The van der Waals surface area contributed by atoms with Crippen LogP contribution in [0, 0.1) is 35.6 Å². The Balaban J connectivity index is 1.57. The third-order valence-corrected chi connectivity index (χ3v) is 5.66. The maximum absolute atomic E-state index is 13.5. The van der Waals surface area contributed by atoms with Gasteiger partial charge >= 0.3 is 5.69 Å². The van der Waals surface area contributed by atoms with Gasteiger partial charge in [-0.15, -0.1) is 0 Å². The Hall–Kier alpha value is -3.82. The van der Waals surface area contributed by atoms with Crippen LogP contribution in [0.5, 0.6) is 0 Å². The first-order valence-electron chi connectivity index (χ1n) is 10.1. The van der Waals surface area contributed by atoms with Crippen LogP contribution in [0.2, 0.25) is 0 Å². The predicted molar refractivity (Wildman–Crippen MR) is 119 cm³/mol. The van der Waals surface area contributed by atoms with Crippen molar-refractivity contribution in [3.05, 3.63) is 75.6 Å². The van der Waals surface area contributed by atoms with Crippen molar-refractivity contribution in [1.29, 1.82) is 0 Å². The zero-order valence-electron chi connectivity index (χ0n) is 17.7. The number of aryl methyl sites for hydroxylation is 1. The molecule has 166 valence electrons. The summed E-state index contributed by atoms with van der Waals surface area (Å²) < 4.78 is 26.8. The molecule has 0 unspecified atom stereocenters. The molecule has 1 fully saturated rings. The number of nitro groups is 1. The summed E-state index contributed by atoms with van der Waals surface area (Å²) in [5.41, 5.74) is 3.42. The zero-order chi connectivity index (χ0) is 22.8. The van der Waals surface area contributed by atoms with E-state index in [0.29, 0.717) is 26.2 Å². The highest BCUT2D eigenvalue weighted by molar-refractivity contribution is 5.74. The fraction of sp³-hybridized carbons (Fsp3) is 0.273. The summed E-state index contributed by atoms with van der Waals surface area (Å²) in [6, 6.07) is 9.32. The van der Waals surface area contributed by atoms with Crippen molar-refractivity contribution in [3.63, 3.8) is 0 Å². The van der Waals surface area contributed by atoms with Crippen molar-refractivity contribution < 1.29 is 13.7 Å². The number of nitrogens with one attached hydrogen (secondary N) is 1. The number of halogens is 2. The molecule has 32 heavy (non-hydrogen) atoms. The number of anilines is 4. The molecule has 0 amide bonds. The summed E-state index contributed by atoms with van der Waals surface area (Å²) in [4.78, 5) is 23.6. The van der Waals surface area contributed by atoms with E-state index in [1.807, 2.05) is 11.0 Å². The molecule has 0 bridgehead atoms. The molecule has 0 aliphatic carbocycles. The molecule has 2 aromatic carbocycles. The summed E-state index contributed by atoms with van der Waals surface area (Å²) in [6.07, 6.45) is 1.22. The Bertz CT molecular complexity index is 1170. The van der Waals surface area contributed by atoms with E-state index in [1.54, 1.807) is 0 Å². The molecule has 0 saturated carbocycles. The minimum absolute atomic E-state index is 0.0806. The Kier molecular flexibility index (Phi) is 5.85. The van der Waals surface area contributed by atoms with Gasteiger partial charge in [-0.05, 0) is 43.2 Å². The molecule has 0 radical (unpaired) electrons. The quantitative estimate of drug-likeness (QED) is 0.466. The Morgan fingerprint density at radius 2 is 1.72 bits per heavy atom. The summed E-state index contributed by atoms with van der Waals surface area (Å²) in [7, 11) is 0. The van der Waals surface area contributed by atoms with E-state index in [0.717, 1.165) is 17.8 Å². The molecule has 1 N–H and O–H groups in total. The van der Waals surface area contributed by atoms with Crippen LogP contribution < -0.4 is 15.1 Å². The van der Waals surface area contributed by atoms with Gasteiger partial charge in [-0.25, -0.2) is 18.7 Å². The number of rotatable bonds is 5. The van der Waals surface area contributed by atoms with Crippen molar-refractivity contribution in [3.8, 4) is 0 Å². The van der Waals surface area contributed by atoms with E-state index in [1.165, 1.54) is 23.5 Å². The van der Waals surface area contributed by atoms with E-state index in [9.17, 15) is 18.9 Å². The molecule has 3 aromatic rings. The molecule has 1 aliphatic heterocycles. The maximum atomic E-state index is 13.5. The molecule has 1 aliphatic rings. The smallest absolute Gasteiger partial charge is 0.353 e. The number of aromatic nitrogens is 2. The second-order valence-electron chi connectivity index (χ2n) is 7.60. The van der Waals surface area contributed by atoms with Crippen molar-refractivity contribution in [2.45, 2.75) is 13.8 Å². The molecule has 0 spiro atoms. The van der Waals surface area contributed by atoms with Crippen molar-refractivity contribution in [1.82, 2.24) is 9.97 Å². The highest BCUT2D eigenvalue weighted by atomic mass is 19.2. The fourth-order valence-corrected chi connectivity index (χ4v) is 3.81. The largest absolute Gasteiger partial charge is 0.368 e. The number of piperazine rings is 1. The van der Waals surface area contributed by atoms with Crippen LogP contribution in [0.25, 0.3) is 0 Å². The highest BCUT2D eigenvalue weighted by Crippen LogP contribution is 2.35. The first kappa shape index (κ1) is 21.4. The minimum Gasteiger partial charge on any atom is -0.368 e. The van der Waals surface area contributed by atoms with E-state index < -0.39 is 16.6 Å². The van der Waals surface area contributed by atoms with Gasteiger partial charge in [0, 0.05) is 43.6 Å². The average Bonchev–Trinajstić information content (AvgIpc) is 2.78. The first-order chi connectivity index (χ1) is 15.3. The van der Waals surface area contributed by atoms with Gasteiger partial charge < -0.3 is 15.1 Å². The van der Waals surface area contributed by atoms with Crippen LogP contribution >= 0.6 is 0 Å². The standard InChI is InChI=1S/C22H22F2N6O2/c1-14-4-3-5-19(15(14)2)28-8-10-29(11-9-28)22-20(30(31)32)21(25-13-26-22)27-16-6-7-17(23)18(24)12-16/h3-7,12-13H,8-11H2,1-2H3,(H,25,26,27). The molecular formula is C22H22F2N6O2. The first-order valence-corrected chi connectivity index (χ1v) is 10.1. The third kappa shape index (κ3) is 4.16. The van der Waals surface area contributed by atoms with Gasteiger partial charge in [-0.2, -0.15) is 0 Å². The lowest BCUT2D eigenvalue weighted by Crippen LogP contribution is -2.47. The normalized spacial score (nSPS) is 13.9. The second kappa shape index (κ2) is 8.74. The summed E-state index contributed by atoms with van der Waals surface area (Å²) in [6.45, 7) is 6.59. The molecule has 4 rings (SSSR count). The van der Waals surface area contributed by atoms with Gasteiger partial charge in [0.25, 0.3) is 0 Å². The van der Waals surface area contributed by atoms with Crippen molar-refractivity contribution in [2.75, 3.05) is 41.3 Å². The summed E-state index contributed by atoms with van der Waals surface area (Å²) in [5.74, 6) is -1.96. The van der Waals surface area contributed by atoms with E-state index in [-0.39, 0.29) is 23.0 Å². The van der Waals surface area contributed by atoms with Crippen LogP contribution in [0.3, 0.4) is 0 Å². The lowest BCUT2D eigenvalue weighted by molar-refractivity contribution is -0.383. The topological polar surface area (TPSA) is 87.4 Å². The van der Waals surface area contributed by atoms with Crippen LogP contribution in [0.4, 0.5) is 37.5 Å². The van der Waals surface area contributed by atoms with Crippen LogP contribution in [0.15, 0.2) is 42.7 Å². The molecule has 2 heterocycles. The highest BCUT2D eigenvalue weighted by Gasteiger charge is 2.30. The molecule has 8 nitrogen and oxygen atoms in total. The second-order valence-corrected chi connectivity index (χ2v) is 7.60. The number of benzene rings is 2. The zero-order valence-corrected chi connectivity index (χ0v) is 17.7. The van der Waals surface area contributed by atoms with Gasteiger partial charge in [0.05, 0.1) is 4.92 Å². The monoisotopic (exact) mass is 440 g/mol. The van der Waals surface area contributed by atoms with Crippen molar-refractivity contribution in [2.24, 2.45) is 0 Å². The number of hydrogen-bond donors (Lipinski definition) is 1. The lowest BCUT2D eigenvalue weighted by Gasteiger charge is -2.37. The van der Waals surface area contributed by atoms with Gasteiger partial charge in [-0.1, -0.05) is 12.1 Å². The van der Waals surface area contributed by atoms with E-state index >= 15 is 0 Å². The third-order valence-electron chi connectivity index (χ3n) is 5.66. The maximum Gasteiger partial charge on any atom is 0.353 e. The van der Waals surface area contributed by atoms with Gasteiger partial charge in [0.15, 0.2) is 11.6 Å². The predicted octanol–water partition coefficient (Wildman–Crippen LogP) is 4.35. The Morgan fingerprint density at radius 1 is 1.00 bits per heavy atom. The van der Waals surface area contributed by atoms with E-state index in [4.69, 9.17) is 0 Å². The van der Waals surface area contributed by atoms with Crippen LogP contribution in [-0.2, 0) is 0 Å². The van der Waals surface area contributed by atoms with Crippen molar-refractivity contribution >= 4 is 28.7 Å². The SMILES string of the molecule is Cc1cccc(N2CCN(c3ncnc(Nc4ccc(F)c(F)c4)c3[N+](=O)[O-])CC2)c1C. The lowest BCUT2D eigenvalue weighted by atomic mass is 10.1. The summed E-state index contributed by atoms with van der Waals surface area (Å²) in [5, 5.41) is 14.6. The molecule has 0 atom stereocenters. The van der Waals surface area contributed by atoms with Gasteiger partial charge in [-0.3, -0.25) is 10.1 Å². The fourth-order valence-electron chi connectivity index (χ4n) is 3.81. The molecular weight excluding hydrogens is 418 g/mol. The van der Waals surface area contributed by atoms with Gasteiger partial charge in [0.1, 0.15) is 6.33 Å². The Labute approximate surface area is 183 Å². The molecule has 1 aromatic heterocycles. The minimum atomic E-state index is -1.06. The number of hydrogen-bond acceptors (Lipinski definition) is 7. The Morgan fingerprint density at radius 3 is 2.41 bits per heavy atom.